The molecule has 1 atom stereocenters. The molecule has 0 aliphatic rings. The first kappa shape index (κ1) is 16.3. The first-order chi connectivity index (χ1) is 10.1. The SMILES string of the molecule is COCc1c(Br)cccc1NCC(O)c1ccccc1Cl. The Morgan fingerprint density at radius 3 is 2.71 bits per heavy atom. The molecule has 2 rings (SSSR count). The molecule has 0 spiro atoms. The Morgan fingerprint density at radius 1 is 1.24 bits per heavy atom. The molecule has 0 saturated carbocycles. The van der Waals surface area contributed by atoms with Crippen molar-refractivity contribution in [1.82, 2.24) is 0 Å². The number of rotatable bonds is 6. The zero-order valence-corrected chi connectivity index (χ0v) is 14.0. The Balaban J connectivity index is 2.10. The number of aliphatic hydroxyl groups excluding tert-OH is 1. The van der Waals surface area contributed by atoms with Crippen LogP contribution in [-0.4, -0.2) is 18.8 Å². The third-order valence-electron chi connectivity index (χ3n) is 3.16. The maximum Gasteiger partial charge on any atom is 0.0976 e. The molecule has 0 radical (unpaired) electrons. The van der Waals surface area contributed by atoms with Gasteiger partial charge in [-0.15, -0.1) is 0 Å². The van der Waals surface area contributed by atoms with Gasteiger partial charge in [0.2, 0.25) is 0 Å². The summed E-state index contributed by atoms with van der Waals surface area (Å²) in [4.78, 5) is 0. The normalized spacial score (nSPS) is 12.2. The second-order valence-electron chi connectivity index (χ2n) is 4.62. The Hall–Kier alpha value is -1.07. The molecule has 2 N–H and O–H groups in total. The molecule has 2 aromatic carbocycles. The first-order valence-corrected chi connectivity index (χ1v) is 7.73. The average Bonchev–Trinajstić information content (AvgIpc) is 2.48. The summed E-state index contributed by atoms with van der Waals surface area (Å²) >= 11 is 9.60. The summed E-state index contributed by atoms with van der Waals surface area (Å²) in [6.07, 6.45) is -0.673. The molecule has 0 aromatic heterocycles. The largest absolute Gasteiger partial charge is 0.387 e. The van der Waals surface area contributed by atoms with Gasteiger partial charge in [-0.3, -0.25) is 0 Å². The topological polar surface area (TPSA) is 41.5 Å². The van der Waals surface area contributed by atoms with Crippen molar-refractivity contribution in [1.29, 1.82) is 0 Å². The van der Waals surface area contributed by atoms with Gasteiger partial charge in [0.15, 0.2) is 0 Å². The number of hydrogen-bond acceptors (Lipinski definition) is 3. The summed E-state index contributed by atoms with van der Waals surface area (Å²) in [7, 11) is 1.65. The number of hydrogen-bond donors (Lipinski definition) is 2. The quantitative estimate of drug-likeness (QED) is 0.792. The van der Waals surface area contributed by atoms with Crippen LogP contribution in [0.1, 0.15) is 17.2 Å². The van der Waals surface area contributed by atoms with Crippen molar-refractivity contribution in [3.8, 4) is 0 Å². The smallest absolute Gasteiger partial charge is 0.0976 e. The molecule has 0 saturated heterocycles. The highest BCUT2D eigenvalue weighted by Gasteiger charge is 2.12. The highest BCUT2D eigenvalue weighted by Crippen LogP contribution is 2.27. The molecule has 0 amide bonds. The van der Waals surface area contributed by atoms with E-state index in [1.807, 2.05) is 36.4 Å². The van der Waals surface area contributed by atoms with Gasteiger partial charge in [0, 0.05) is 40.0 Å². The molecule has 3 nitrogen and oxygen atoms in total. The highest BCUT2D eigenvalue weighted by molar-refractivity contribution is 9.10. The van der Waals surface area contributed by atoms with E-state index < -0.39 is 6.10 Å². The van der Waals surface area contributed by atoms with Gasteiger partial charge in [-0.05, 0) is 18.2 Å². The van der Waals surface area contributed by atoms with E-state index in [1.54, 1.807) is 13.2 Å². The number of benzene rings is 2. The van der Waals surface area contributed by atoms with Gasteiger partial charge < -0.3 is 15.2 Å². The number of aliphatic hydroxyl groups is 1. The number of methoxy groups -OCH3 is 1. The summed E-state index contributed by atoms with van der Waals surface area (Å²) in [5, 5.41) is 14.1. The number of halogens is 2. The predicted octanol–water partition coefficient (Wildman–Crippen LogP) is 4.39. The van der Waals surface area contributed by atoms with Gasteiger partial charge in [-0.1, -0.05) is 51.8 Å². The van der Waals surface area contributed by atoms with Crippen LogP contribution in [0.5, 0.6) is 0 Å². The van der Waals surface area contributed by atoms with Crippen LogP contribution in [0.2, 0.25) is 5.02 Å². The van der Waals surface area contributed by atoms with Crippen molar-refractivity contribution in [3.63, 3.8) is 0 Å². The zero-order valence-electron chi connectivity index (χ0n) is 11.6. The Bertz CT molecular complexity index is 607. The minimum atomic E-state index is -0.673. The Labute approximate surface area is 138 Å². The average molecular weight is 371 g/mol. The molecule has 0 aliphatic heterocycles. The molecular weight excluding hydrogens is 354 g/mol. The maximum absolute atomic E-state index is 10.3. The van der Waals surface area contributed by atoms with E-state index in [0.717, 1.165) is 21.3 Å². The van der Waals surface area contributed by atoms with Gasteiger partial charge in [0.1, 0.15) is 0 Å². The molecule has 5 heteroatoms. The molecule has 0 bridgehead atoms. The fraction of sp³-hybridized carbons (Fsp3) is 0.250. The van der Waals surface area contributed by atoms with Crippen LogP contribution in [-0.2, 0) is 11.3 Å². The summed E-state index contributed by atoms with van der Waals surface area (Å²) in [6.45, 7) is 0.864. The van der Waals surface area contributed by atoms with Crippen molar-refractivity contribution >= 4 is 33.2 Å². The van der Waals surface area contributed by atoms with E-state index in [4.69, 9.17) is 16.3 Å². The minimum Gasteiger partial charge on any atom is -0.387 e. The summed E-state index contributed by atoms with van der Waals surface area (Å²) in [6, 6.07) is 13.2. The lowest BCUT2D eigenvalue weighted by Gasteiger charge is -2.17. The predicted molar refractivity (Wildman–Crippen MR) is 89.8 cm³/mol. The second-order valence-corrected chi connectivity index (χ2v) is 5.88. The third-order valence-corrected chi connectivity index (χ3v) is 4.24. The van der Waals surface area contributed by atoms with Crippen LogP contribution in [0.15, 0.2) is 46.9 Å². The van der Waals surface area contributed by atoms with Crippen molar-refractivity contribution in [3.05, 3.63) is 63.1 Å². The van der Waals surface area contributed by atoms with Crippen LogP contribution >= 0.6 is 27.5 Å². The molecule has 2 aromatic rings. The van der Waals surface area contributed by atoms with Crippen LogP contribution in [0.3, 0.4) is 0 Å². The molecule has 112 valence electrons. The minimum absolute atomic E-state index is 0.372. The van der Waals surface area contributed by atoms with Crippen molar-refractivity contribution in [2.75, 3.05) is 19.0 Å². The van der Waals surface area contributed by atoms with Crippen LogP contribution < -0.4 is 5.32 Å². The van der Waals surface area contributed by atoms with E-state index in [2.05, 4.69) is 21.2 Å². The summed E-state index contributed by atoms with van der Waals surface area (Å²) in [5.74, 6) is 0. The van der Waals surface area contributed by atoms with E-state index in [1.165, 1.54) is 0 Å². The monoisotopic (exact) mass is 369 g/mol. The number of anilines is 1. The molecular formula is C16H17BrClNO2. The number of ether oxygens (including phenoxy) is 1. The van der Waals surface area contributed by atoms with Gasteiger partial charge in [0.05, 0.1) is 12.7 Å². The van der Waals surface area contributed by atoms with Gasteiger partial charge in [-0.2, -0.15) is 0 Å². The zero-order chi connectivity index (χ0) is 15.2. The van der Waals surface area contributed by atoms with E-state index in [9.17, 15) is 5.11 Å². The lowest BCUT2D eigenvalue weighted by Crippen LogP contribution is -2.14. The highest BCUT2D eigenvalue weighted by atomic mass is 79.9. The van der Waals surface area contributed by atoms with Crippen molar-refractivity contribution in [2.24, 2.45) is 0 Å². The maximum atomic E-state index is 10.3. The molecule has 0 fully saturated rings. The summed E-state index contributed by atoms with van der Waals surface area (Å²) in [5.41, 5.74) is 2.67. The van der Waals surface area contributed by atoms with Gasteiger partial charge in [-0.25, -0.2) is 0 Å². The second kappa shape index (κ2) is 7.80. The lowest BCUT2D eigenvalue weighted by atomic mass is 10.1. The Kier molecular flexibility index (Phi) is 6.06. The standard InChI is InChI=1S/C16H17BrClNO2/c1-21-10-12-13(17)6-4-8-15(12)19-9-16(20)11-5-2-3-7-14(11)18/h2-8,16,19-20H,9-10H2,1H3. The van der Waals surface area contributed by atoms with Crippen molar-refractivity contribution < 1.29 is 9.84 Å². The van der Waals surface area contributed by atoms with Gasteiger partial charge >= 0.3 is 0 Å². The fourth-order valence-corrected chi connectivity index (χ4v) is 2.82. The Morgan fingerprint density at radius 2 is 2.00 bits per heavy atom. The summed E-state index contributed by atoms with van der Waals surface area (Å²) < 4.78 is 6.18. The van der Waals surface area contributed by atoms with E-state index in [0.29, 0.717) is 18.2 Å². The number of nitrogens with one attached hydrogen (secondary N) is 1. The molecule has 0 aliphatic carbocycles. The van der Waals surface area contributed by atoms with Crippen molar-refractivity contribution in [2.45, 2.75) is 12.7 Å². The first-order valence-electron chi connectivity index (χ1n) is 6.56. The van der Waals surface area contributed by atoms with Crippen LogP contribution in [0.4, 0.5) is 5.69 Å². The fourth-order valence-electron chi connectivity index (χ4n) is 2.08. The van der Waals surface area contributed by atoms with Crippen LogP contribution in [0, 0.1) is 0 Å². The van der Waals surface area contributed by atoms with E-state index in [-0.39, 0.29) is 0 Å². The van der Waals surface area contributed by atoms with Crippen LogP contribution in [0.25, 0.3) is 0 Å². The molecule has 0 heterocycles. The van der Waals surface area contributed by atoms with E-state index >= 15 is 0 Å². The molecule has 1 unspecified atom stereocenters. The third kappa shape index (κ3) is 4.20. The molecule has 21 heavy (non-hydrogen) atoms. The lowest BCUT2D eigenvalue weighted by molar-refractivity contribution is 0.183. The van der Waals surface area contributed by atoms with Gasteiger partial charge in [0.25, 0.3) is 0 Å².